The van der Waals surface area contributed by atoms with E-state index in [1.807, 2.05) is 4.90 Å². The summed E-state index contributed by atoms with van der Waals surface area (Å²) in [5.74, 6) is -0.210. The third-order valence-corrected chi connectivity index (χ3v) is 4.11. The van der Waals surface area contributed by atoms with Crippen LogP contribution in [0.15, 0.2) is 24.3 Å². The first-order valence-corrected chi connectivity index (χ1v) is 8.03. The van der Waals surface area contributed by atoms with Gasteiger partial charge in [-0.05, 0) is 32.4 Å². The lowest BCUT2D eigenvalue weighted by atomic mass is 10.1. The van der Waals surface area contributed by atoms with Crippen molar-refractivity contribution in [2.45, 2.75) is 31.9 Å². The zero-order chi connectivity index (χ0) is 17.5. The molecule has 0 spiro atoms. The van der Waals surface area contributed by atoms with Gasteiger partial charge in [0.05, 0.1) is 30.3 Å². The lowest BCUT2D eigenvalue weighted by molar-refractivity contribution is -0.384. The molecular weight excluding hydrogens is 314 g/mol. The Morgan fingerprint density at radius 1 is 1.58 bits per heavy atom. The summed E-state index contributed by atoms with van der Waals surface area (Å²) in [6, 6.07) is 5.52. The number of benzene rings is 1. The molecular formula is C16H23N3O5. The van der Waals surface area contributed by atoms with E-state index in [-0.39, 0.29) is 30.3 Å². The molecule has 0 unspecified atom stereocenters. The molecule has 132 valence electrons. The van der Waals surface area contributed by atoms with Crippen molar-refractivity contribution < 1.29 is 19.6 Å². The molecule has 1 aromatic carbocycles. The van der Waals surface area contributed by atoms with Crippen molar-refractivity contribution in [2.75, 3.05) is 31.6 Å². The Labute approximate surface area is 140 Å². The first kappa shape index (κ1) is 18.3. The molecule has 8 nitrogen and oxygen atoms in total. The maximum Gasteiger partial charge on any atom is 0.271 e. The second kappa shape index (κ2) is 8.72. The number of likely N-dealkylation sites (tertiary alicyclic amines) is 1. The van der Waals surface area contributed by atoms with Gasteiger partial charge < -0.3 is 15.2 Å². The summed E-state index contributed by atoms with van der Waals surface area (Å²) in [4.78, 5) is 24.7. The molecule has 0 aromatic heterocycles. The number of amides is 1. The van der Waals surface area contributed by atoms with Gasteiger partial charge in [0.25, 0.3) is 5.69 Å². The minimum absolute atomic E-state index is 0.0129. The van der Waals surface area contributed by atoms with E-state index in [9.17, 15) is 14.9 Å². The van der Waals surface area contributed by atoms with Gasteiger partial charge in [-0.25, -0.2) is 0 Å². The fraction of sp³-hybridized carbons (Fsp3) is 0.562. The number of nitro groups is 1. The average molecular weight is 337 g/mol. The van der Waals surface area contributed by atoms with Crippen LogP contribution in [0, 0.1) is 10.1 Å². The summed E-state index contributed by atoms with van der Waals surface area (Å²) < 4.78 is 5.55. The Morgan fingerprint density at radius 3 is 3.08 bits per heavy atom. The Hall–Kier alpha value is -2.03. The number of rotatable bonds is 7. The topological polar surface area (TPSA) is 105 Å². The van der Waals surface area contributed by atoms with E-state index >= 15 is 0 Å². The van der Waals surface area contributed by atoms with E-state index in [4.69, 9.17) is 9.84 Å². The van der Waals surface area contributed by atoms with Crippen LogP contribution in [-0.2, 0) is 9.53 Å². The zero-order valence-electron chi connectivity index (χ0n) is 13.7. The van der Waals surface area contributed by atoms with Crippen LogP contribution in [0.4, 0.5) is 11.4 Å². The Morgan fingerprint density at radius 2 is 2.38 bits per heavy atom. The standard InChI is InChI=1S/C16H23N3O5/c1-12(18-7-3-6-15(11-18)24-9-8-20)16(21)17-13-4-2-5-14(10-13)19(22)23/h2,4-5,10,12,15,20H,3,6-9,11H2,1H3,(H,17,21)/t12-,15+/m1/s1. The van der Waals surface area contributed by atoms with E-state index in [2.05, 4.69) is 5.32 Å². The Bertz CT molecular complexity index is 581. The van der Waals surface area contributed by atoms with Crippen LogP contribution in [0.1, 0.15) is 19.8 Å². The maximum atomic E-state index is 12.4. The normalized spacial score (nSPS) is 19.7. The number of aliphatic hydroxyl groups is 1. The summed E-state index contributed by atoms with van der Waals surface area (Å²) in [6.07, 6.45) is 1.85. The van der Waals surface area contributed by atoms with Crippen molar-refractivity contribution >= 4 is 17.3 Å². The molecule has 8 heteroatoms. The van der Waals surface area contributed by atoms with Crippen molar-refractivity contribution in [3.63, 3.8) is 0 Å². The molecule has 1 fully saturated rings. The number of ether oxygens (including phenoxy) is 1. The average Bonchev–Trinajstić information content (AvgIpc) is 2.59. The van der Waals surface area contributed by atoms with Gasteiger partial charge in [-0.15, -0.1) is 0 Å². The van der Waals surface area contributed by atoms with Crippen molar-refractivity contribution in [1.29, 1.82) is 0 Å². The molecule has 1 saturated heterocycles. The largest absolute Gasteiger partial charge is 0.394 e. The number of non-ortho nitro benzene ring substituents is 1. The molecule has 2 N–H and O–H groups in total. The van der Waals surface area contributed by atoms with Crippen LogP contribution in [0.3, 0.4) is 0 Å². The summed E-state index contributed by atoms with van der Waals surface area (Å²) >= 11 is 0. The van der Waals surface area contributed by atoms with Gasteiger partial charge in [-0.3, -0.25) is 19.8 Å². The van der Waals surface area contributed by atoms with Gasteiger partial charge in [0.15, 0.2) is 0 Å². The van der Waals surface area contributed by atoms with E-state index in [0.29, 0.717) is 18.8 Å². The molecule has 1 heterocycles. The molecule has 0 aliphatic carbocycles. The molecule has 1 aliphatic rings. The minimum atomic E-state index is -0.493. The number of hydrogen-bond donors (Lipinski definition) is 2. The molecule has 1 amide bonds. The van der Waals surface area contributed by atoms with Gasteiger partial charge in [-0.1, -0.05) is 6.07 Å². The molecule has 24 heavy (non-hydrogen) atoms. The molecule has 0 radical (unpaired) electrons. The highest BCUT2D eigenvalue weighted by Crippen LogP contribution is 2.19. The van der Waals surface area contributed by atoms with Crippen molar-refractivity contribution in [3.8, 4) is 0 Å². The summed E-state index contributed by atoms with van der Waals surface area (Å²) in [5.41, 5.74) is 0.349. The smallest absolute Gasteiger partial charge is 0.271 e. The second-order valence-electron chi connectivity index (χ2n) is 5.83. The Kier molecular flexibility index (Phi) is 6.65. The van der Waals surface area contributed by atoms with Crippen LogP contribution in [0.2, 0.25) is 0 Å². The minimum Gasteiger partial charge on any atom is -0.394 e. The number of nitro benzene ring substituents is 1. The van der Waals surface area contributed by atoms with Crippen molar-refractivity contribution in [2.24, 2.45) is 0 Å². The highest BCUT2D eigenvalue weighted by Gasteiger charge is 2.28. The van der Waals surface area contributed by atoms with Crippen molar-refractivity contribution in [3.05, 3.63) is 34.4 Å². The quantitative estimate of drug-likeness (QED) is 0.575. The number of piperidine rings is 1. The number of anilines is 1. The van der Waals surface area contributed by atoms with E-state index < -0.39 is 4.92 Å². The number of nitrogens with zero attached hydrogens (tertiary/aromatic N) is 2. The first-order chi connectivity index (χ1) is 11.5. The number of nitrogens with one attached hydrogen (secondary N) is 1. The lowest BCUT2D eigenvalue weighted by Gasteiger charge is -2.35. The van der Waals surface area contributed by atoms with E-state index in [1.165, 1.54) is 18.2 Å². The van der Waals surface area contributed by atoms with E-state index in [1.54, 1.807) is 13.0 Å². The van der Waals surface area contributed by atoms with Crippen LogP contribution in [0.5, 0.6) is 0 Å². The summed E-state index contributed by atoms with van der Waals surface area (Å²) in [5, 5.41) is 22.4. The molecule has 2 rings (SSSR count). The molecule has 2 atom stereocenters. The first-order valence-electron chi connectivity index (χ1n) is 8.03. The van der Waals surface area contributed by atoms with Crippen LogP contribution in [0.25, 0.3) is 0 Å². The fourth-order valence-electron chi connectivity index (χ4n) is 2.78. The number of hydrogen-bond acceptors (Lipinski definition) is 6. The fourth-order valence-corrected chi connectivity index (χ4v) is 2.78. The van der Waals surface area contributed by atoms with Crippen LogP contribution < -0.4 is 5.32 Å². The molecule has 0 saturated carbocycles. The SMILES string of the molecule is C[C@H](C(=O)Nc1cccc([N+](=O)[O-])c1)N1CCC[C@H](OCCO)C1. The third-order valence-electron chi connectivity index (χ3n) is 4.11. The summed E-state index contributed by atoms with van der Waals surface area (Å²) in [7, 11) is 0. The predicted molar refractivity (Wildman–Crippen MR) is 88.8 cm³/mol. The number of aliphatic hydroxyl groups excluding tert-OH is 1. The van der Waals surface area contributed by atoms with E-state index in [0.717, 1.165) is 19.4 Å². The monoisotopic (exact) mass is 337 g/mol. The summed E-state index contributed by atoms with van der Waals surface area (Å²) in [6.45, 7) is 3.51. The predicted octanol–water partition coefficient (Wildman–Crippen LogP) is 1.40. The maximum absolute atomic E-state index is 12.4. The highest BCUT2D eigenvalue weighted by atomic mass is 16.6. The second-order valence-corrected chi connectivity index (χ2v) is 5.83. The number of carbonyl (C=O) groups is 1. The third kappa shape index (κ3) is 4.98. The van der Waals surface area contributed by atoms with Gasteiger partial charge in [0, 0.05) is 24.4 Å². The zero-order valence-corrected chi connectivity index (χ0v) is 13.7. The number of carbonyl (C=O) groups excluding carboxylic acids is 1. The lowest BCUT2D eigenvalue weighted by Crippen LogP contribution is -2.49. The van der Waals surface area contributed by atoms with Crippen LogP contribution in [-0.4, -0.2) is 59.3 Å². The van der Waals surface area contributed by atoms with Gasteiger partial charge in [0.2, 0.25) is 5.91 Å². The van der Waals surface area contributed by atoms with Crippen LogP contribution >= 0.6 is 0 Å². The van der Waals surface area contributed by atoms with Crippen molar-refractivity contribution in [1.82, 2.24) is 4.90 Å². The molecule has 1 aromatic rings. The molecule has 1 aliphatic heterocycles. The van der Waals surface area contributed by atoms with Gasteiger partial charge >= 0.3 is 0 Å². The van der Waals surface area contributed by atoms with Gasteiger partial charge in [-0.2, -0.15) is 0 Å². The Balaban J connectivity index is 1.94. The van der Waals surface area contributed by atoms with Gasteiger partial charge in [0.1, 0.15) is 0 Å². The highest BCUT2D eigenvalue weighted by molar-refractivity contribution is 5.94. The molecule has 0 bridgehead atoms.